The van der Waals surface area contributed by atoms with Crippen LogP contribution in [-0.4, -0.2) is 58.9 Å². The summed E-state index contributed by atoms with van der Waals surface area (Å²) in [4.78, 5) is 29.6. The number of rotatable bonds is 2. The summed E-state index contributed by atoms with van der Waals surface area (Å²) in [6.45, 7) is 4.44. The Labute approximate surface area is 126 Å². The normalized spacial score (nSPS) is 41.1. The van der Waals surface area contributed by atoms with Gasteiger partial charge in [0, 0.05) is 18.6 Å². The number of fused-ring (bicyclic) bond motifs is 1. The van der Waals surface area contributed by atoms with Gasteiger partial charge in [0.1, 0.15) is 5.54 Å². The van der Waals surface area contributed by atoms with E-state index in [0.29, 0.717) is 12.0 Å². The standard InChI is InChI=1S/C16H25N3O2/c1-16(11-5-6-11)15(21)19(10-14(20)17-16)13-7-9-18-8-3-2-4-12(13)18/h11-13H,2-10H2,1H3,(H,17,20). The van der Waals surface area contributed by atoms with Gasteiger partial charge >= 0.3 is 0 Å². The molecule has 3 heterocycles. The molecule has 4 rings (SSSR count). The molecule has 4 aliphatic rings. The fourth-order valence-electron chi connectivity index (χ4n) is 4.70. The quantitative estimate of drug-likeness (QED) is 0.816. The van der Waals surface area contributed by atoms with Crippen molar-refractivity contribution in [1.82, 2.24) is 15.1 Å². The van der Waals surface area contributed by atoms with Crippen LogP contribution in [0.25, 0.3) is 0 Å². The van der Waals surface area contributed by atoms with Crippen molar-refractivity contribution < 1.29 is 9.59 Å². The smallest absolute Gasteiger partial charge is 0.249 e. The molecule has 5 nitrogen and oxygen atoms in total. The van der Waals surface area contributed by atoms with E-state index in [1.54, 1.807) is 0 Å². The summed E-state index contributed by atoms with van der Waals surface area (Å²) in [5.74, 6) is 0.542. The van der Waals surface area contributed by atoms with Gasteiger partial charge in [-0.1, -0.05) is 6.42 Å². The Kier molecular flexibility index (Phi) is 3.03. The van der Waals surface area contributed by atoms with E-state index in [9.17, 15) is 9.59 Å². The highest BCUT2D eigenvalue weighted by molar-refractivity contribution is 5.98. The van der Waals surface area contributed by atoms with Crippen molar-refractivity contribution in [1.29, 1.82) is 0 Å². The molecule has 0 radical (unpaired) electrons. The molecule has 3 saturated heterocycles. The summed E-state index contributed by atoms with van der Waals surface area (Å²) < 4.78 is 0. The predicted octanol–water partition coefficient (Wildman–Crippen LogP) is 0.740. The highest BCUT2D eigenvalue weighted by Gasteiger charge is 2.55. The number of piperazine rings is 1. The fraction of sp³-hybridized carbons (Fsp3) is 0.875. The van der Waals surface area contributed by atoms with Gasteiger partial charge in [-0.25, -0.2) is 0 Å². The zero-order valence-electron chi connectivity index (χ0n) is 12.8. The zero-order valence-corrected chi connectivity index (χ0v) is 12.8. The summed E-state index contributed by atoms with van der Waals surface area (Å²) in [7, 11) is 0. The molecule has 0 bridgehead atoms. The van der Waals surface area contributed by atoms with Gasteiger partial charge in [0.2, 0.25) is 11.8 Å². The maximum Gasteiger partial charge on any atom is 0.249 e. The van der Waals surface area contributed by atoms with E-state index < -0.39 is 5.54 Å². The second-order valence-electron chi connectivity index (χ2n) is 7.41. The number of nitrogens with zero attached hydrogens (tertiary/aromatic N) is 2. The van der Waals surface area contributed by atoms with Crippen molar-refractivity contribution in [2.45, 2.75) is 63.1 Å². The molecule has 5 heteroatoms. The van der Waals surface area contributed by atoms with E-state index in [2.05, 4.69) is 10.2 Å². The van der Waals surface area contributed by atoms with E-state index in [-0.39, 0.29) is 24.4 Å². The van der Waals surface area contributed by atoms with Gasteiger partial charge in [-0.3, -0.25) is 14.5 Å². The first-order valence-corrected chi connectivity index (χ1v) is 8.46. The molecule has 21 heavy (non-hydrogen) atoms. The molecular weight excluding hydrogens is 266 g/mol. The Morgan fingerprint density at radius 2 is 1.86 bits per heavy atom. The van der Waals surface area contributed by atoms with Crippen molar-refractivity contribution in [3.8, 4) is 0 Å². The van der Waals surface area contributed by atoms with E-state index in [0.717, 1.165) is 32.4 Å². The summed E-state index contributed by atoms with van der Waals surface area (Å²) in [6, 6.07) is 0.735. The van der Waals surface area contributed by atoms with Gasteiger partial charge in [0.15, 0.2) is 0 Å². The van der Waals surface area contributed by atoms with Crippen LogP contribution in [0.2, 0.25) is 0 Å². The second-order valence-corrected chi connectivity index (χ2v) is 7.41. The highest BCUT2D eigenvalue weighted by atomic mass is 16.2. The topological polar surface area (TPSA) is 52.7 Å². The number of piperidine rings is 1. The van der Waals surface area contributed by atoms with Crippen LogP contribution in [0.4, 0.5) is 0 Å². The van der Waals surface area contributed by atoms with E-state index in [1.165, 1.54) is 19.3 Å². The van der Waals surface area contributed by atoms with Crippen LogP contribution in [0.1, 0.15) is 45.4 Å². The molecule has 1 aliphatic carbocycles. The summed E-state index contributed by atoms with van der Waals surface area (Å²) >= 11 is 0. The van der Waals surface area contributed by atoms with Crippen molar-refractivity contribution in [2.75, 3.05) is 19.6 Å². The molecule has 116 valence electrons. The molecule has 0 aromatic rings. The Morgan fingerprint density at radius 1 is 1.05 bits per heavy atom. The minimum Gasteiger partial charge on any atom is -0.340 e. The molecule has 2 amide bonds. The number of carbonyl (C=O) groups is 2. The first-order chi connectivity index (χ1) is 10.1. The van der Waals surface area contributed by atoms with Crippen LogP contribution in [-0.2, 0) is 9.59 Å². The van der Waals surface area contributed by atoms with Gasteiger partial charge in [0.25, 0.3) is 0 Å². The first kappa shape index (κ1) is 13.6. The monoisotopic (exact) mass is 291 g/mol. The number of amides is 2. The van der Waals surface area contributed by atoms with Crippen LogP contribution in [0.3, 0.4) is 0 Å². The maximum absolute atomic E-state index is 13.0. The molecule has 0 aromatic heterocycles. The van der Waals surface area contributed by atoms with Crippen LogP contribution in [0.15, 0.2) is 0 Å². The maximum atomic E-state index is 13.0. The molecule has 0 aromatic carbocycles. The molecule has 1 N–H and O–H groups in total. The lowest BCUT2D eigenvalue weighted by atomic mass is 9.89. The highest BCUT2D eigenvalue weighted by Crippen LogP contribution is 2.43. The third-order valence-corrected chi connectivity index (χ3v) is 6.03. The minimum atomic E-state index is -0.641. The van der Waals surface area contributed by atoms with Gasteiger partial charge in [0.05, 0.1) is 6.54 Å². The van der Waals surface area contributed by atoms with E-state index in [4.69, 9.17) is 0 Å². The van der Waals surface area contributed by atoms with E-state index in [1.807, 2.05) is 11.8 Å². The Bertz CT molecular complexity index is 476. The SMILES string of the molecule is CC1(C2CC2)NC(=O)CN(C2CCN3CCCCC23)C1=O. The number of hydrogen-bond donors (Lipinski definition) is 1. The second kappa shape index (κ2) is 4.70. The predicted molar refractivity (Wildman–Crippen MR) is 78.6 cm³/mol. The van der Waals surface area contributed by atoms with Gasteiger partial charge in [-0.05, 0) is 51.5 Å². The molecule has 4 fully saturated rings. The van der Waals surface area contributed by atoms with Gasteiger partial charge in [-0.2, -0.15) is 0 Å². The van der Waals surface area contributed by atoms with Gasteiger partial charge < -0.3 is 10.2 Å². The third kappa shape index (κ3) is 2.08. The molecule has 3 atom stereocenters. The molecular formula is C16H25N3O2. The lowest BCUT2D eigenvalue weighted by Crippen LogP contribution is -2.69. The van der Waals surface area contributed by atoms with Crippen LogP contribution < -0.4 is 5.32 Å². The molecule has 3 aliphatic heterocycles. The van der Waals surface area contributed by atoms with Crippen molar-refractivity contribution in [2.24, 2.45) is 5.92 Å². The first-order valence-electron chi connectivity index (χ1n) is 8.46. The summed E-state index contributed by atoms with van der Waals surface area (Å²) in [6.07, 6.45) is 6.87. The number of hydrogen-bond acceptors (Lipinski definition) is 3. The zero-order chi connectivity index (χ0) is 14.6. The lowest BCUT2D eigenvalue weighted by Gasteiger charge is -2.45. The number of nitrogens with one attached hydrogen (secondary N) is 1. The Balaban J connectivity index is 1.58. The summed E-state index contributed by atoms with van der Waals surface area (Å²) in [5.41, 5.74) is -0.641. The van der Waals surface area contributed by atoms with Gasteiger partial charge in [-0.15, -0.1) is 0 Å². The molecule has 1 saturated carbocycles. The summed E-state index contributed by atoms with van der Waals surface area (Å²) in [5, 5.41) is 2.99. The van der Waals surface area contributed by atoms with Crippen LogP contribution in [0.5, 0.6) is 0 Å². The third-order valence-electron chi connectivity index (χ3n) is 6.03. The van der Waals surface area contributed by atoms with Crippen molar-refractivity contribution in [3.63, 3.8) is 0 Å². The Hall–Kier alpha value is -1.10. The van der Waals surface area contributed by atoms with Crippen molar-refractivity contribution in [3.05, 3.63) is 0 Å². The average molecular weight is 291 g/mol. The van der Waals surface area contributed by atoms with Crippen molar-refractivity contribution >= 4 is 11.8 Å². The molecule has 3 unspecified atom stereocenters. The largest absolute Gasteiger partial charge is 0.340 e. The average Bonchev–Trinajstić information content (AvgIpc) is 3.24. The van der Waals surface area contributed by atoms with E-state index >= 15 is 0 Å². The Morgan fingerprint density at radius 3 is 2.62 bits per heavy atom. The fourth-order valence-corrected chi connectivity index (χ4v) is 4.70. The van der Waals surface area contributed by atoms with Crippen LogP contribution in [0, 0.1) is 5.92 Å². The lowest BCUT2D eigenvalue weighted by molar-refractivity contribution is -0.153. The number of carbonyl (C=O) groups excluding carboxylic acids is 2. The van der Waals surface area contributed by atoms with Crippen LogP contribution >= 0.6 is 0 Å². The minimum absolute atomic E-state index is 0.0262. The molecule has 0 spiro atoms.